The number of hydrogen-bond donors (Lipinski definition) is 3. The number of aliphatic imine (C=N–C) groups is 1. The summed E-state index contributed by atoms with van der Waals surface area (Å²) in [5.41, 5.74) is 3.82. The summed E-state index contributed by atoms with van der Waals surface area (Å²) < 4.78 is 0. The Bertz CT molecular complexity index is 1120. The number of nitrogens with one attached hydrogen (secondary N) is 3. The molecule has 7 heteroatoms. The lowest BCUT2D eigenvalue weighted by atomic mass is 9.82. The summed E-state index contributed by atoms with van der Waals surface area (Å²) in [5.74, 6) is 0.357. The van der Waals surface area contributed by atoms with Crippen molar-refractivity contribution in [1.29, 1.82) is 0 Å². The molecule has 0 unspecified atom stereocenters. The van der Waals surface area contributed by atoms with E-state index in [2.05, 4.69) is 52.6 Å². The van der Waals surface area contributed by atoms with Gasteiger partial charge in [-0.05, 0) is 36.0 Å². The normalized spacial score (nSPS) is 13.9. The molecule has 0 saturated carbocycles. The Hall–Kier alpha value is -3.66. The fourth-order valence-electron chi connectivity index (χ4n) is 3.85. The molecular weight excluding hydrogens is 426 g/mol. The lowest BCUT2D eigenvalue weighted by Crippen LogP contribution is -2.30. The molecule has 7 nitrogen and oxygen atoms in total. The van der Waals surface area contributed by atoms with Crippen molar-refractivity contribution in [3.8, 4) is 0 Å². The molecular formula is C27H33N5O2. The summed E-state index contributed by atoms with van der Waals surface area (Å²) in [4.78, 5) is 33.3. The predicted octanol–water partition coefficient (Wildman–Crippen LogP) is 4.79. The second-order valence-electron chi connectivity index (χ2n) is 9.57. The fourth-order valence-corrected chi connectivity index (χ4v) is 3.85. The molecule has 1 atom stereocenters. The van der Waals surface area contributed by atoms with E-state index in [0.717, 1.165) is 36.3 Å². The first-order valence-corrected chi connectivity index (χ1v) is 11.7. The van der Waals surface area contributed by atoms with E-state index in [-0.39, 0.29) is 29.6 Å². The summed E-state index contributed by atoms with van der Waals surface area (Å²) in [7, 11) is 0. The third-order valence-electron chi connectivity index (χ3n) is 5.88. The van der Waals surface area contributed by atoms with Crippen molar-refractivity contribution in [3.05, 3.63) is 70.6 Å². The Labute approximate surface area is 201 Å². The lowest BCUT2D eigenvalue weighted by molar-refractivity contribution is -0.118. The first-order chi connectivity index (χ1) is 16.2. The van der Waals surface area contributed by atoms with Crippen molar-refractivity contribution in [2.45, 2.75) is 51.9 Å². The zero-order valence-corrected chi connectivity index (χ0v) is 20.4. The zero-order chi connectivity index (χ0) is 24.7. The van der Waals surface area contributed by atoms with E-state index in [4.69, 9.17) is 6.57 Å². The topological polar surface area (TPSA) is 87.0 Å². The van der Waals surface area contributed by atoms with Crippen LogP contribution in [0.15, 0.2) is 47.5 Å². The summed E-state index contributed by atoms with van der Waals surface area (Å²) in [6.45, 7) is 17.3. The molecule has 0 bridgehead atoms. The first kappa shape index (κ1) is 25.0. The Balaban J connectivity index is 1.62. The molecule has 0 spiro atoms. The summed E-state index contributed by atoms with van der Waals surface area (Å²) in [6, 6.07) is 13.0. The Morgan fingerprint density at radius 1 is 1.21 bits per heavy atom. The van der Waals surface area contributed by atoms with Gasteiger partial charge in [0.05, 0.1) is 19.7 Å². The van der Waals surface area contributed by atoms with Crippen molar-refractivity contribution in [2.24, 2.45) is 4.99 Å². The van der Waals surface area contributed by atoms with Crippen LogP contribution in [0.2, 0.25) is 0 Å². The second-order valence-corrected chi connectivity index (χ2v) is 9.57. The van der Waals surface area contributed by atoms with E-state index in [0.29, 0.717) is 23.6 Å². The highest BCUT2D eigenvalue weighted by atomic mass is 16.2. The molecule has 1 aliphatic rings. The van der Waals surface area contributed by atoms with E-state index in [1.807, 2.05) is 25.1 Å². The molecule has 2 aromatic rings. The van der Waals surface area contributed by atoms with Gasteiger partial charge in [0.2, 0.25) is 0 Å². The molecule has 1 heterocycles. The lowest BCUT2D eigenvalue weighted by Gasteiger charge is -2.23. The number of benzene rings is 2. The number of ketones is 1. The van der Waals surface area contributed by atoms with Gasteiger partial charge in [-0.3, -0.25) is 14.6 Å². The van der Waals surface area contributed by atoms with Gasteiger partial charge in [-0.15, -0.1) is 0 Å². The molecule has 0 aromatic heterocycles. The molecule has 34 heavy (non-hydrogen) atoms. The molecule has 0 fully saturated rings. The maximum Gasteiger partial charge on any atom is 0.251 e. The first-order valence-electron chi connectivity index (χ1n) is 11.7. The van der Waals surface area contributed by atoms with Crippen molar-refractivity contribution in [1.82, 2.24) is 10.6 Å². The largest absolute Gasteiger partial charge is 0.354 e. The predicted molar refractivity (Wildman–Crippen MR) is 137 cm³/mol. The van der Waals surface area contributed by atoms with Gasteiger partial charge in [0.15, 0.2) is 17.4 Å². The number of guanidine groups is 1. The highest BCUT2D eigenvalue weighted by Crippen LogP contribution is 2.33. The maximum absolute atomic E-state index is 12.7. The Morgan fingerprint density at radius 2 is 2.00 bits per heavy atom. The standard InChI is InChI=1S/C27H33N5O2/c1-6-18(20-12-21(27(2,3)4)16-23(14-20)28-5)15-24(33)17-31-25(34)19-8-7-9-22(13-19)32-26-29-10-11-30-26/h7-9,12-14,16,18H,6,10-11,15,17H2,1-4H3,(H,31,34)(H2,29,30,32)/t18-/m1/s1. The van der Waals surface area contributed by atoms with Crippen LogP contribution >= 0.6 is 0 Å². The number of carbonyl (C=O) groups is 2. The average Bonchev–Trinajstić information content (AvgIpc) is 3.33. The second kappa shape index (κ2) is 11.0. The number of hydrogen-bond acceptors (Lipinski definition) is 5. The molecule has 0 radical (unpaired) electrons. The van der Waals surface area contributed by atoms with Gasteiger partial charge in [-0.25, -0.2) is 4.85 Å². The number of rotatable bonds is 8. The van der Waals surface area contributed by atoms with Crippen LogP contribution in [-0.4, -0.2) is 37.3 Å². The van der Waals surface area contributed by atoms with Crippen LogP contribution in [0.1, 0.15) is 67.9 Å². The van der Waals surface area contributed by atoms with E-state index >= 15 is 0 Å². The van der Waals surface area contributed by atoms with Crippen LogP contribution in [0.4, 0.5) is 11.4 Å². The van der Waals surface area contributed by atoms with Gasteiger partial charge in [0.25, 0.3) is 5.91 Å². The van der Waals surface area contributed by atoms with Crippen LogP contribution in [-0.2, 0) is 10.2 Å². The average molecular weight is 460 g/mol. The van der Waals surface area contributed by atoms with Gasteiger partial charge in [-0.1, -0.05) is 63.1 Å². The molecule has 3 N–H and O–H groups in total. The smallest absolute Gasteiger partial charge is 0.251 e. The molecule has 1 aliphatic heterocycles. The minimum absolute atomic E-state index is 0.000540. The summed E-state index contributed by atoms with van der Waals surface area (Å²) in [6.07, 6.45) is 1.09. The Morgan fingerprint density at radius 3 is 2.65 bits per heavy atom. The minimum Gasteiger partial charge on any atom is -0.354 e. The van der Waals surface area contributed by atoms with Gasteiger partial charge in [-0.2, -0.15) is 0 Å². The van der Waals surface area contributed by atoms with Crippen molar-refractivity contribution < 1.29 is 9.59 Å². The van der Waals surface area contributed by atoms with Crippen LogP contribution in [0.5, 0.6) is 0 Å². The highest BCUT2D eigenvalue weighted by Gasteiger charge is 2.20. The van der Waals surface area contributed by atoms with Gasteiger partial charge in [0, 0.05) is 24.2 Å². The monoisotopic (exact) mass is 459 g/mol. The molecule has 1 amide bonds. The number of anilines is 1. The van der Waals surface area contributed by atoms with Crippen molar-refractivity contribution in [3.63, 3.8) is 0 Å². The van der Waals surface area contributed by atoms with E-state index in [1.54, 1.807) is 18.2 Å². The fraction of sp³-hybridized carbons (Fsp3) is 0.407. The maximum atomic E-state index is 12.7. The molecule has 2 aromatic carbocycles. The van der Waals surface area contributed by atoms with Crippen molar-refractivity contribution >= 4 is 29.0 Å². The van der Waals surface area contributed by atoms with Gasteiger partial charge >= 0.3 is 0 Å². The summed E-state index contributed by atoms with van der Waals surface area (Å²) >= 11 is 0. The highest BCUT2D eigenvalue weighted by molar-refractivity contribution is 5.99. The van der Waals surface area contributed by atoms with Crippen LogP contribution in [0.3, 0.4) is 0 Å². The molecule has 178 valence electrons. The van der Waals surface area contributed by atoms with Crippen LogP contribution in [0.25, 0.3) is 4.85 Å². The third kappa shape index (κ3) is 6.67. The van der Waals surface area contributed by atoms with Crippen molar-refractivity contribution in [2.75, 3.05) is 25.0 Å². The third-order valence-corrected chi connectivity index (χ3v) is 5.88. The molecule has 3 rings (SSSR count). The zero-order valence-electron chi connectivity index (χ0n) is 20.4. The van der Waals surface area contributed by atoms with Crippen LogP contribution in [0, 0.1) is 6.57 Å². The number of nitrogens with zero attached hydrogens (tertiary/aromatic N) is 2. The van der Waals surface area contributed by atoms with Gasteiger partial charge < -0.3 is 16.0 Å². The van der Waals surface area contributed by atoms with Crippen LogP contribution < -0.4 is 16.0 Å². The number of Topliss-reactive ketones (excluding diaryl/α,β-unsaturated/α-hetero) is 1. The molecule has 0 aliphatic carbocycles. The van der Waals surface area contributed by atoms with E-state index in [9.17, 15) is 9.59 Å². The van der Waals surface area contributed by atoms with E-state index in [1.165, 1.54) is 0 Å². The molecule has 0 saturated heterocycles. The van der Waals surface area contributed by atoms with Gasteiger partial charge in [0.1, 0.15) is 0 Å². The summed E-state index contributed by atoms with van der Waals surface area (Å²) in [5, 5.41) is 9.02. The minimum atomic E-state index is -0.295. The SMILES string of the molecule is [C-]#[N+]c1cc([C@H](CC)CC(=O)CNC(=O)c2cccc(NC3=NCCN3)c2)cc(C(C)(C)C)c1. The van der Waals surface area contributed by atoms with E-state index < -0.39 is 0 Å². The quantitative estimate of drug-likeness (QED) is 0.496. The number of amides is 1. The Kier molecular flexibility index (Phi) is 8.06. The number of carbonyl (C=O) groups excluding carboxylic acids is 2.